The van der Waals surface area contributed by atoms with Gasteiger partial charge in [-0.15, -0.1) is 0 Å². The van der Waals surface area contributed by atoms with Crippen LogP contribution in [0.25, 0.3) is 0 Å². The average Bonchev–Trinajstić information content (AvgIpc) is 2.27. The van der Waals surface area contributed by atoms with E-state index in [0.29, 0.717) is 0 Å². The van der Waals surface area contributed by atoms with Crippen molar-refractivity contribution in [1.82, 2.24) is 9.99 Å². The number of hydrogen-bond donors (Lipinski definition) is 2. The fraction of sp³-hybridized carbons (Fsp3) is 0.500. The van der Waals surface area contributed by atoms with Crippen LogP contribution in [0.4, 0.5) is 20.4 Å². The molecule has 1 aromatic heterocycles. The summed E-state index contributed by atoms with van der Waals surface area (Å²) < 4.78 is 26.2. The highest BCUT2D eigenvalue weighted by Gasteiger charge is 2.14. The van der Waals surface area contributed by atoms with Gasteiger partial charge in [-0.25, -0.2) is 18.8 Å². The van der Waals surface area contributed by atoms with Crippen LogP contribution >= 0.6 is 0 Å². The zero-order valence-electron chi connectivity index (χ0n) is 8.84. The lowest BCUT2D eigenvalue weighted by molar-refractivity contribution is 0.270. The molecule has 0 aliphatic carbocycles. The number of hydrogen-bond acceptors (Lipinski definition) is 4. The van der Waals surface area contributed by atoms with Crippen molar-refractivity contribution in [2.75, 3.05) is 24.2 Å². The molecular formula is C10H14F2N4. The number of anilines is 2. The van der Waals surface area contributed by atoms with Crippen LogP contribution in [0, 0.1) is 11.6 Å². The molecule has 1 aliphatic heterocycles. The Morgan fingerprint density at radius 1 is 1.19 bits per heavy atom. The van der Waals surface area contributed by atoms with E-state index >= 15 is 0 Å². The molecule has 88 valence electrons. The van der Waals surface area contributed by atoms with E-state index in [0.717, 1.165) is 32.0 Å². The molecule has 0 spiro atoms. The summed E-state index contributed by atoms with van der Waals surface area (Å²) >= 11 is 0. The van der Waals surface area contributed by atoms with Gasteiger partial charge < -0.3 is 11.2 Å². The van der Waals surface area contributed by atoms with E-state index in [2.05, 4.69) is 10.4 Å². The first-order chi connectivity index (χ1) is 7.66. The van der Waals surface area contributed by atoms with Gasteiger partial charge in [-0.1, -0.05) is 6.42 Å². The molecule has 0 aromatic carbocycles. The van der Waals surface area contributed by atoms with E-state index in [1.807, 2.05) is 5.01 Å². The fourth-order valence-electron chi connectivity index (χ4n) is 1.71. The molecule has 0 atom stereocenters. The fourth-order valence-corrected chi connectivity index (χ4v) is 1.71. The summed E-state index contributed by atoms with van der Waals surface area (Å²) in [5, 5.41) is 1.87. The number of pyridine rings is 1. The second kappa shape index (κ2) is 4.61. The molecule has 1 aliphatic rings. The van der Waals surface area contributed by atoms with Crippen molar-refractivity contribution < 1.29 is 8.78 Å². The summed E-state index contributed by atoms with van der Waals surface area (Å²) in [5.74, 6) is -1.86. The van der Waals surface area contributed by atoms with Crippen LogP contribution in [0.5, 0.6) is 0 Å². The van der Waals surface area contributed by atoms with E-state index in [1.165, 1.54) is 6.42 Å². The molecule has 0 saturated carbocycles. The highest BCUT2D eigenvalue weighted by atomic mass is 19.1. The van der Waals surface area contributed by atoms with Gasteiger partial charge in [-0.05, 0) is 12.8 Å². The van der Waals surface area contributed by atoms with Crippen molar-refractivity contribution in [2.45, 2.75) is 19.3 Å². The van der Waals surface area contributed by atoms with Crippen LogP contribution < -0.4 is 11.2 Å². The lowest BCUT2D eigenvalue weighted by atomic mass is 10.2. The van der Waals surface area contributed by atoms with Crippen molar-refractivity contribution in [1.29, 1.82) is 0 Å². The first-order valence-electron chi connectivity index (χ1n) is 5.30. The van der Waals surface area contributed by atoms with E-state index in [-0.39, 0.29) is 11.6 Å². The molecule has 2 rings (SSSR count). The topological polar surface area (TPSA) is 54.2 Å². The standard InChI is InChI=1S/C10H14F2N4/c11-7-6-8(12)10(14-9(7)13)15-16-4-2-1-3-5-16/h6H,1-5H2,(H3,13,14,15). The lowest BCUT2D eigenvalue weighted by Gasteiger charge is -2.27. The van der Waals surface area contributed by atoms with Gasteiger partial charge in [0, 0.05) is 19.2 Å². The van der Waals surface area contributed by atoms with Crippen LogP contribution in [0.1, 0.15) is 19.3 Å². The molecule has 2 heterocycles. The Bertz CT molecular complexity index is 377. The van der Waals surface area contributed by atoms with Crippen molar-refractivity contribution in [3.63, 3.8) is 0 Å². The summed E-state index contributed by atoms with van der Waals surface area (Å²) in [7, 11) is 0. The molecule has 16 heavy (non-hydrogen) atoms. The van der Waals surface area contributed by atoms with Crippen molar-refractivity contribution >= 4 is 11.6 Å². The van der Waals surface area contributed by atoms with Gasteiger partial charge in [0.15, 0.2) is 23.3 Å². The van der Waals surface area contributed by atoms with Crippen LogP contribution in [0.2, 0.25) is 0 Å². The SMILES string of the molecule is Nc1nc(NN2CCCCC2)c(F)cc1F. The lowest BCUT2D eigenvalue weighted by Crippen LogP contribution is -2.35. The number of aromatic nitrogens is 1. The first-order valence-corrected chi connectivity index (χ1v) is 5.30. The summed E-state index contributed by atoms with van der Waals surface area (Å²) in [6, 6.07) is 0.745. The minimum atomic E-state index is -0.832. The largest absolute Gasteiger partial charge is 0.381 e. The zero-order valence-corrected chi connectivity index (χ0v) is 8.84. The molecule has 4 nitrogen and oxygen atoms in total. The van der Waals surface area contributed by atoms with Crippen LogP contribution in [-0.2, 0) is 0 Å². The van der Waals surface area contributed by atoms with Crippen LogP contribution in [0.15, 0.2) is 6.07 Å². The smallest absolute Gasteiger partial charge is 0.179 e. The van der Waals surface area contributed by atoms with Gasteiger partial charge >= 0.3 is 0 Å². The quantitative estimate of drug-likeness (QED) is 0.809. The summed E-state index contributed by atoms with van der Waals surface area (Å²) in [4.78, 5) is 3.64. The molecule has 6 heteroatoms. The molecule has 0 amide bonds. The Kier molecular flexibility index (Phi) is 3.19. The van der Waals surface area contributed by atoms with Gasteiger partial charge in [0.05, 0.1) is 0 Å². The summed E-state index contributed by atoms with van der Waals surface area (Å²) in [5.41, 5.74) is 8.10. The van der Waals surface area contributed by atoms with Gasteiger partial charge in [-0.2, -0.15) is 0 Å². The number of nitrogen functional groups attached to an aromatic ring is 1. The molecule has 3 N–H and O–H groups in total. The Hall–Kier alpha value is -1.43. The molecule has 1 fully saturated rings. The van der Waals surface area contributed by atoms with Crippen molar-refractivity contribution in [3.8, 4) is 0 Å². The minimum absolute atomic E-state index is 0.0131. The molecule has 1 saturated heterocycles. The van der Waals surface area contributed by atoms with E-state index < -0.39 is 11.6 Å². The number of hydrazine groups is 1. The molecule has 0 radical (unpaired) electrons. The Morgan fingerprint density at radius 2 is 1.88 bits per heavy atom. The second-order valence-corrected chi connectivity index (χ2v) is 3.85. The number of halogens is 2. The first kappa shape index (κ1) is 11.1. The van der Waals surface area contributed by atoms with Crippen molar-refractivity contribution in [3.05, 3.63) is 17.7 Å². The van der Waals surface area contributed by atoms with Gasteiger partial charge in [-0.3, -0.25) is 0 Å². The molecular weight excluding hydrogens is 214 g/mol. The van der Waals surface area contributed by atoms with Crippen molar-refractivity contribution in [2.24, 2.45) is 0 Å². The van der Waals surface area contributed by atoms with E-state index in [1.54, 1.807) is 0 Å². The highest BCUT2D eigenvalue weighted by molar-refractivity contribution is 5.44. The van der Waals surface area contributed by atoms with Gasteiger partial charge in [0.2, 0.25) is 0 Å². The number of nitrogens with two attached hydrogens (primary N) is 1. The molecule has 0 bridgehead atoms. The Balaban J connectivity index is 2.11. The van der Waals surface area contributed by atoms with E-state index in [9.17, 15) is 8.78 Å². The predicted octanol–water partition coefficient (Wildman–Crippen LogP) is 1.75. The third-order valence-corrected chi connectivity index (χ3v) is 2.58. The number of nitrogens with one attached hydrogen (secondary N) is 1. The van der Waals surface area contributed by atoms with Crippen LogP contribution in [-0.4, -0.2) is 23.1 Å². The zero-order chi connectivity index (χ0) is 11.5. The van der Waals surface area contributed by atoms with E-state index in [4.69, 9.17) is 5.73 Å². The monoisotopic (exact) mass is 228 g/mol. The highest BCUT2D eigenvalue weighted by Crippen LogP contribution is 2.18. The normalized spacial score (nSPS) is 17.4. The summed E-state index contributed by atoms with van der Waals surface area (Å²) in [6.07, 6.45) is 3.30. The third kappa shape index (κ3) is 2.38. The third-order valence-electron chi connectivity index (χ3n) is 2.58. The number of piperidine rings is 1. The number of nitrogens with zero attached hydrogens (tertiary/aromatic N) is 2. The molecule has 1 aromatic rings. The molecule has 0 unspecified atom stereocenters. The van der Waals surface area contributed by atoms with Crippen LogP contribution in [0.3, 0.4) is 0 Å². The Labute approximate surface area is 92.4 Å². The number of rotatable bonds is 2. The Morgan fingerprint density at radius 3 is 2.56 bits per heavy atom. The predicted molar refractivity (Wildman–Crippen MR) is 57.6 cm³/mol. The van der Waals surface area contributed by atoms with Gasteiger partial charge in [0.25, 0.3) is 0 Å². The summed E-state index contributed by atoms with van der Waals surface area (Å²) in [6.45, 7) is 1.66. The second-order valence-electron chi connectivity index (χ2n) is 3.85. The maximum Gasteiger partial charge on any atom is 0.179 e. The minimum Gasteiger partial charge on any atom is -0.381 e. The maximum absolute atomic E-state index is 13.3. The van der Waals surface area contributed by atoms with Gasteiger partial charge in [0.1, 0.15) is 0 Å². The maximum atomic E-state index is 13.3. The average molecular weight is 228 g/mol.